The first-order valence-corrected chi connectivity index (χ1v) is 2.47. The van der Waals surface area contributed by atoms with E-state index in [9.17, 15) is 0 Å². The molecule has 0 heterocycles. The van der Waals surface area contributed by atoms with Crippen LogP contribution in [0.1, 0.15) is 6.92 Å². The first kappa shape index (κ1) is 7.08. The lowest BCUT2D eigenvalue weighted by molar-refractivity contribution is 1.45. The maximum absolute atomic E-state index is 3.78. The molecular formula is C6H10N2. The average molecular weight is 110 g/mol. The van der Waals surface area contributed by atoms with E-state index in [-0.39, 0.29) is 0 Å². The van der Waals surface area contributed by atoms with Gasteiger partial charge in [-0.1, -0.05) is 6.08 Å². The van der Waals surface area contributed by atoms with Crippen molar-refractivity contribution in [1.82, 2.24) is 0 Å². The molecule has 0 amide bonds. The van der Waals surface area contributed by atoms with E-state index in [2.05, 4.69) is 9.98 Å². The third-order valence-electron chi connectivity index (χ3n) is 0.547. The molecule has 2 nitrogen and oxygen atoms in total. The van der Waals surface area contributed by atoms with Gasteiger partial charge in [0, 0.05) is 13.3 Å². The molecule has 0 atom stereocenters. The van der Waals surface area contributed by atoms with Crippen molar-refractivity contribution in [3.05, 3.63) is 12.2 Å². The Hall–Kier alpha value is -0.920. The highest BCUT2D eigenvalue weighted by Crippen LogP contribution is 1.63. The molecule has 0 fully saturated rings. The van der Waals surface area contributed by atoms with Crippen molar-refractivity contribution >= 4 is 12.6 Å². The minimum atomic E-state index is 1.50. The molecule has 0 aliphatic heterocycles. The van der Waals surface area contributed by atoms with Crippen LogP contribution >= 0.6 is 0 Å². The summed E-state index contributed by atoms with van der Waals surface area (Å²) in [6, 6.07) is 0. The van der Waals surface area contributed by atoms with Gasteiger partial charge in [-0.3, -0.25) is 4.99 Å². The minimum absolute atomic E-state index is 1.50. The van der Waals surface area contributed by atoms with Crippen molar-refractivity contribution < 1.29 is 0 Å². The molecule has 0 aliphatic carbocycles. The van der Waals surface area contributed by atoms with Crippen molar-refractivity contribution in [2.45, 2.75) is 6.92 Å². The molecule has 0 aromatic heterocycles. The van der Waals surface area contributed by atoms with Crippen LogP contribution in [0.25, 0.3) is 0 Å². The summed E-state index contributed by atoms with van der Waals surface area (Å²) in [5.74, 6) is 0. The molecule has 0 aromatic rings. The zero-order chi connectivity index (χ0) is 6.24. The minimum Gasteiger partial charge on any atom is -0.277 e. The summed E-state index contributed by atoms with van der Waals surface area (Å²) in [6.07, 6.45) is 6.95. The molecule has 0 radical (unpaired) electrons. The number of allylic oxidation sites excluding steroid dienone is 2. The van der Waals surface area contributed by atoms with E-state index in [1.54, 1.807) is 13.3 Å². The summed E-state index contributed by atoms with van der Waals surface area (Å²) in [4.78, 5) is 7.43. The Morgan fingerprint density at radius 2 is 2.12 bits per heavy atom. The number of rotatable bonds is 2. The topological polar surface area (TPSA) is 24.7 Å². The lowest BCUT2D eigenvalue weighted by atomic mass is 10.6. The van der Waals surface area contributed by atoms with Crippen LogP contribution < -0.4 is 0 Å². The van der Waals surface area contributed by atoms with Crippen LogP contribution in [-0.2, 0) is 0 Å². The van der Waals surface area contributed by atoms with Gasteiger partial charge in [-0.05, 0) is 13.0 Å². The molecule has 44 valence electrons. The van der Waals surface area contributed by atoms with Gasteiger partial charge in [0.1, 0.15) is 6.34 Å². The highest BCUT2D eigenvalue weighted by molar-refractivity contribution is 5.79. The Morgan fingerprint density at radius 1 is 1.38 bits per heavy atom. The van der Waals surface area contributed by atoms with Crippen LogP contribution in [0.5, 0.6) is 0 Å². The second kappa shape index (κ2) is 6.08. The molecule has 0 unspecified atom stereocenters. The van der Waals surface area contributed by atoms with E-state index < -0.39 is 0 Å². The van der Waals surface area contributed by atoms with Crippen molar-refractivity contribution in [2.24, 2.45) is 9.98 Å². The van der Waals surface area contributed by atoms with Gasteiger partial charge in [0.05, 0.1) is 0 Å². The van der Waals surface area contributed by atoms with Crippen LogP contribution in [-0.4, -0.2) is 19.6 Å². The molecule has 0 aliphatic rings. The third-order valence-corrected chi connectivity index (χ3v) is 0.547. The first-order chi connectivity index (χ1) is 3.91. The highest BCUT2D eigenvalue weighted by Gasteiger charge is 1.56. The summed E-state index contributed by atoms with van der Waals surface area (Å²) in [7, 11) is 1.69. The Morgan fingerprint density at radius 3 is 2.62 bits per heavy atom. The molecule has 0 bridgehead atoms. The van der Waals surface area contributed by atoms with E-state index in [4.69, 9.17) is 0 Å². The monoisotopic (exact) mass is 110 g/mol. The zero-order valence-corrected chi connectivity index (χ0v) is 5.20. The van der Waals surface area contributed by atoms with Gasteiger partial charge in [-0.2, -0.15) is 0 Å². The predicted octanol–water partition coefficient (Wildman–Crippen LogP) is 1.29. The van der Waals surface area contributed by atoms with E-state index in [0.29, 0.717) is 0 Å². The summed E-state index contributed by atoms with van der Waals surface area (Å²) in [5.41, 5.74) is 0. The fraction of sp³-hybridized carbons (Fsp3) is 0.333. The van der Waals surface area contributed by atoms with Crippen LogP contribution in [0.4, 0.5) is 0 Å². The van der Waals surface area contributed by atoms with Gasteiger partial charge in [0.2, 0.25) is 0 Å². The van der Waals surface area contributed by atoms with Gasteiger partial charge in [0.15, 0.2) is 0 Å². The summed E-state index contributed by atoms with van der Waals surface area (Å²) < 4.78 is 0. The Labute approximate surface area is 49.7 Å². The van der Waals surface area contributed by atoms with Crippen LogP contribution in [0.2, 0.25) is 0 Å². The standard InChI is InChI=1S/C6H10N2/c1-3-4-5-8-6-7-2/h3-6H,1-2H3/b4-3+,7-6-,8-5-. The number of hydrogen-bond acceptors (Lipinski definition) is 1. The Kier molecular flexibility index (Phi) is 5.38. The summed E-state index contributed by atoms with van der Waals surface area (Å²) >= 11 is 0. The van der Waals surface area contributed by atoms with E-state index in [1.807, 2.05) is 19.1 Å². The van der Waals surface area contributed by atoms with Gasteiger partial charge >= 0.3 is 0 Å². The van der Waals surface area contributed by atoms with Crippen molar-refractivity contribution in [1.29, 1.82) is 0 Å². The summed E-state index contributed by atoms with van der Waals surface area (Å²) in [5, 5.41) is 0. The van der Waals surface area contributed by atoms with Crippen molar-refractivity contribution in [3.63, 3.8) is 0 Å². The van der Waals surface area contributed by atoms with Gasteiger partial charge in [-0.25, -0.2) is 4.99 Å². The molecule has 0 saturated heterocycles. The first-order valence-electron chi connectivity index (χ1n) is 2.47. The largest absolute Gasteiger partial charge is 0.277 e. The van der Waals surface area contributed by atoms with E-state index >= 15 is 0 Å². The lowest BCUT2D eigenvalue weighted by Crippen LogP contribution is -1.65. The lowest BCUT2D eigenvalue weighted by Gasteiger charge is -1.69. The second-order valence-corrected chi connectivity index (χ2v) is 1.20. The molecular weight excluding hydrogens is 100 g/mol. The molecule has 0 saturated carbocycles. The molecule has 0 rings (SSSR count). The molecule has 8 heavy (non-hydrogen) atoms. The smallest absolute Gasteiger partial charge is 0.109 e. The number of nitrogens with zero attached hydrogens (tertiary/aromatic N) is 2. The van der Waals surface area contributed by atoms with Crippen LogP contribution in [0, 0.1) is 0 Å². The Balaban J connectivity index is 3.35. The van der Waals surface area contributed by atoms with Gasteiger partial charge < -0.3 is 0 Å². The fourth-order valence-electron chi connectivity index (χ4n) is 0.241. The van der Waals surface area contributed by atoms with Crippen molar-refractivity contribution in [3.8, 4) is 0 Å². The normalized spacial score (nSPS) is 12.8. The second-order valence-electron chi connectivity index (χ2n) is 1.20. The predicted molar refractivity (Wildman–Crippen MR) is 37.7 cm³/mol. The Bertz CT molecular complexity index is 97.7. The maximum Gasteiger partial charge on any atom is 0.109 e. The molecule has 2 heteroatoms. The van der Waals surface area contributed by atoms with E-state index in [0.717, 1.165) is 0 Å². The molecule has 0 aromatic carbocycles. The number of hydrogen-bond donors (Lipinski definition) is 0. The maximum atomic E-state index is 3.78. The molecule has 0 spiro atoms. The van der Waals surface area contributed by atoms with Gasteiger partial charge in [0.25, 0.3) is 0 Å². The van der Waals surface area contributed by atoms with E-state index in [1.165, 1.54) is 6.34 Å². The zero-order valence-electron chi connectivity index (χ0n) is 5.20. The SMILES string of the molecule is C/C=C/C=N\C=N/C. The average Bonchev–Trinajstić information content (AvgIpc) is 1.81. The molecule has 0 N–H and O–H groups in total. The van der Waals surface area contributed by atoms with Gasteiger partial charge in [-0.15, -0.1) is 0 Å². The number of aliphatic imine (C=N–C) groups is 2. The highest BCUT2D eigenvalue weighted by atomic mass is 14.8. The van der Waals surface area contributed by atoms with Crippen LogP contribution in [0.15, 0.2) is 22.1 Å². The fourth-order valence-corrected chi connectivity index (χ4v) is 0.241. The third kappa shape index (κ3) is 5.08. The quantitative estimate of drug-likeness (QED) is 0.378. The van der Waals surface area contributed by atoms with Crippen molar-refractivity contribution in [2.75, 3.05) is 7.05 Å². The van der Waals surface area contributed by atoms with Crippen LogP contribution in [0.3, 0.4) is 0 Å². The summed E-state index contributed by atoms with van der Waals surface area (Å²) in [6.45, 7) is 1.94.